The maximum Gasteiger partial charge on any atom is 0.242 e. The minimum Gasteiger partial charge on any atom is -0.359 e. The van der Waals surface area contributed by atoms with Gasteiger partial charge in [0.05, 0.1) is 0 Å². The molecule has 0 spiro atoms. The molecule has 0 saturated carbocycles. The van der Waals surface area contributed by atoms with Crippen molar-refractivity contribution in [2.45, 2.75) is 32.9 Å². The number of carbonyl (C=O) groups is 1. The summed E-state index contributed by atoms with van der Waals surface area (Å²) in [5.74, 6) is 0.430. The Hall–Kier alpha value is -2.09. The van der Waals surface area contributed by atoms with Gasteiger partial charge in [0.25, 0.3) is 0 Å². The van der Waals surface area contributed by atoms with E-state index >= 15 is 0 Å². The summed E-state index contributed by atoms with van der Waals surface area (Å²) < 4.78 is 0. The van der Waals surface area contributed by atoms with Gasteiger partial charge >= 0.3 is 0 Å². The molecule has 1 rings (SSSR count). The molecule has 0 aliphatic heterocycles. The molecule has 90 valence electrons. The van der Waals surface area contributed by atoms with Gasteiger partial charge in [-0.3, -0.25) is 4.79 Å². The van der Waals surface area contributed by atoms with E-state index in [1.54, 1.807) is 25.1 Å². The lowest BCUT2D eigenvalue weighted by Gasteiger charge is -2.16. The summed E-state index contributed by atoms with van der Waals surface area (Å²) in [4.78, 5) is 15.7. The second-order valence-corrected chi connectivity index (χ2v) is 4.05. The summed E-state index contributed by atoms with van der Waals surface area (Å²) in [6.07, 6.45) is 0. The Morgan fingerprint density at radius 3 is 2.71 bits per heavy atom. The summed E-state index contributed by atoms with van der Waals surface area (Å²) in [6, 6.07) is 6.72. The maximum atomic E-state index is 11.6. The number of nitrogens with one attached hydrogen (secondary N) is 2. The zero-order chi connectivity index (χ0) is 12.8. The monoisotopic (exact) mass is 232 g/mol. The first-order chi connectivity index (χ1) is 8.02. The summed E-state index contributed by atoms with van der Waals surface area (Å²) in [5.41, 5.74) is 0.325. The third-order valence-corrected chi connectivity index (χ3v) is 2.05. The lowest BCUT2D eigenvalue weighted by Crippen LogP contribution is -2.41. The molecule has 0 bridgehead atoms. The number of amides is 1. The highest BCUT2D eigenvalue weighted by Gasteiger charge is 2.13. The lowest BCUT2D eigenvalue weighted by atomic mass is 10.2. The number of hydrogen-bond acceptors (Lipinski definition) is 4. The van der Waals surface area contributed by atoms with Crippen LogP contribution in [0, 0.1) is 11.3 Å². The highest BCUT2D eigenvalue weighted by molar-refractivity contribution is 5.84. The molecule has 5 heteroatoms. The van der Waals surface area contributed by atoms with Crippen LogP contribution in [0.3, 0.4) is 0 Å². The minimum absolute atomic E-state index is 0.0934. The fourth-order valence-electron chi connectivity index (χ4n) is 1.27. The summed E-state index contributed by atoms with van der Waals surface area (Å²) in [7, 11) is 0. The lowest BCUT2D eigenvalue weighted by molar-refractivity contribution is -0.122. The highest BCUT2D eigenvalue weighted by Crippen LogP contribution is 2.05. The quantitative estimate of drug-likeness (QED) is 0.819. The molecule has 0 radical (unpaired) electrons. The molecule has 2 N–H and O–H groups in total. The molecule has 17 heavy (non-hydrogen) atoms. The van der Waals surface area contributed by atoms with Gasteiger partial charge in [0.2, 0.25) is 5.91 Å². The molecule has 1 aromatic rings. The van der Waals surface area contributed by atoms with Crippen LogP contribution in [0.1, 0.15) is 26.5 Å². The first kappa shape index (κ1) is 13.0. The normalized spacial score (nSPS) is 11.7. The first-order valence-corrected chi connectivity index (χ1v) is 5.47. The van der Waals surface area contributed by atoms with Gasteiger partial charge < -0.3 is 10.6 Å². The van der Waals surface area contributed by atoms with Crippen LogP contribution < -0.4 is 10.6 Å². The summed E-state index contributed by atoms with van der Waals surface area (Å²) in [6.45, 7) is 5.55. The molecule has 1 atom stereocenters. The van der Waals surface area contributed by atoms with Crippen molar-refractivity contribution in [2.24, 2.45) is 0 Å². The fraction of sp³-hybridized carbons (Fsp3) is 0.417. The molecule has 1 amide bonds. The predicted octanol–water partition coefficient (Wildman–Crippen LogP) is 1.28. The Morgan fingerprint density at radius 2 is 2.12 bits per heavy atom. The number of nitriles is 1. The van der Waals surface area contributed by atoms with E-state index in [9.17, 15) is 4.79 Å². The van der Waals surface area contributed by atoms with Gasteiger partial charge in [-0.2, -0.15) is 5.26 Å². The smallest absolute Gasteiger partial charge is 0.242 e. The molecule has 1 heterocycles. The number of rotatable bonds is 4. The molecule has 0 aromatic carbocycles. The van der Waals surface area contributed by atoms with Crippen LogP contribution in [0.25, 0.3) is 0 Å². The maximum absolute atomic E-state index is 11.6. The van der Waals surface area contributed by atoms with Gasteiger partial charge in [-0.1, -0.05) is 6.07 Å². The van der Waals surface area contributed by atoms with Crippen LogP contribution in [0.4, 0.5) is 5.82 Å². The van der Waals surface area contributed by atoms with Crippen molar-refractivity contribution in [3.05, 3.63) is 23.9 Å². The zero-order valence-electron chi connectivity index (χ0n) is 10.2. The second kappa shape index (κ2) is 5.85. The predicted molar refractivity (Wildman–Crippen MR) is 65.3 cm³/mol. The van der Waals surface area contributed by atoms with Crippen molar-refractivity contribution in [1.82, 2.24) is 10.3 Å². The Balaban J connectivity index is 2.64. The third-order valence-electron chi connectivity index (χ3n) is 2.05. The van der Waals surface area contributed by atoms with E-state index in [-0.39, 0.29) is 18.0 Å². The third kappa shape index (κ3) is 4.11. The SMILES string of the molecule is CC(C)NC(=O)C(C)Nc1cccc(C#N)n1. The van der Waals surface area contributed by atoms with Gasteiger partial charge in [0.1, 0.15) is 23.6 Å². The number of carbonyl (C=O) groups excluding carboxylic acids is 1. The van der Waals surface area contributed by atoms with Gasteiger partial charge in [-0.25, -0.2) is 4.98 Å². The summed E-state index contributed by atoms with van der Waals surface area (Å²) in [5, 5.41) is 14.4. The molecule has 1 aromatic heterocycles. The van der Waals surface area contributed by atoms with E-state index in [2.05, 4.69) is 15.6 Å². The molecule has 1 unspecified atom stereocenters. The van der Waals surface area contributed by atoms with Crippen molar-refractivity contribution >= 4 is 11.7 Å². The van der Waals surface area contributed by atoms with Crippen LogP contribution in [-0.4, -0.2) is 23.0 Å². The van der Waals surface area contributed by atoms with Crippen LogP contribution in [0.2, 0.25) is 0 Å². The topological polar surface area (TPSA) is 77.8 Å². The highest BCUT2D eigenvalue weighted by atomic mass is 16.2. The van der Waals surface area contributed by atoms with Crippen LogP contribution in [-0.2, 0) is 4.79 Å². The minimum atomic E-state index is -0.390. The van der Waals surface area contributed by atoms with E-state index in [0.717, 1.165) is 0 Å². The van der Waals surface area contributed by atoms with Gasteiger partial charge in [-0.05, 0) is 32.9 Å². The average Bonchev–Trinajstić information content (AvgIpc) is 2.28. The molecular formula is C12H16N4O. The summed E-state index contributed by atoms with van der Waals surface area (Å²) >= 11 is 0. The Kier molecular flexibility index (Phi) is 4.46. The Morgan fingerprint density at radius 1 is 1.41 bits per heavy atom. The molecule has 0 aliphatic rings. The van der Waals surface area contributed by atoms with Crippen molar-refractivity contribution < 1.29 is 4.79 Å². The zero-order valence-corrected chi connectivity index (χ0v) is 10.2. The number of pyridine rings is 1. The van der Waals surface area contributed by atoms with Crippen molar-refractivity contribution in [1.29, 1.82) is 5.26 Å². The molecule has 0 saturated heterocycles. The molecule has 5 nitrogen and oxygen atoms in total. The second-order valence-electron chi connectivity index (χ2n) is 4.05. The van der Waals surface area contributed by atoms with Crippen molar-refractivity contribution in [2.75, 3.05) is 5.32 Å². The van der Waals surface area contributed by atoms with E-state index in [1.165, 1.54) is 0 Å². The van der Waals surface area contributed by atoms with Gasteiger partial charge in [0, 0.05) is 6.04 Å². The average molecular weight is 232 g/mol. The van der Waals surface area contributed by atoms with E-state index in [4.69, 9.17) is 5.26 Å². The Bertz CT molecular complexity index is 436. The van der Waals surface area contributed by atoms with E-state index < -0.39 is 0 Å². The van der Waals surface area contributed by atoms with E-state index in [1.807, 2.05) is 19.9 Å². The van der Waals surface area contributed by atoms with Crippen LogP contribution in [0.5, 0.6) is 0 Å². The van der Waals surface area contributed by atoms with Gasteiger partial charge in [-0.15, -0.1) is 0 Å². The number of aromatic nitrogens is 1. The van der Waals surface area contributed by atoms with Crippen LogP contribution in [0.15, 0.2) is 18.2 Å². The molecule has 0 aliphatic carbocycles. The largest absolute Gasteiger partial charge is 0.359 e. The number of anilines is 1. The van der Waals surface area contributed by atoms with Crippen molar-refractivity contribution in [3.8, 4) is 6.07 Å². The van der Waals surface area contributed by atoms with Gasteiger partial charge in [0.15, 0.2) is 0 Å². The Labute approximate surface area is 101 Å². The number of nitrogens with zero attached hydrogens (tertiary/aromatic N) is 2. The van der Waals surface area contributed by atoms with E-state index in [0.29, 0.717) is 11.5 Å². The first-order valence-electron chi connectivity index (χ1n) is 5.47. The fourth-order valence-corrected chi connectivity index (χ4v) is 1.27. The standard InChI is InChI=1S/C12H16N4O/c1-8(2)14-12(17)9(3)15-11-6-4-5-10(7-13)16-11/h4-6,8-9H,1-3H3,(H,14,17)(H,15,16). The molecule has 0 fully saturated rings. The number of hydrogen-bond donors (Lipinski definition) is 2. The van der Waals surface area contributed by atoms with Crippen molar-refractivity contribution in [3.63, 3.8) is 0 Å². The molecular weight excluding hydrogens is 216 g/mol. The van der Waals surface area contributed by atoms with Crippen LogP contribution >= 0.6 is 0 Å².